The van der Waals surface area contributed by atoms with Crippen LogP contribution in [-0.2, 0) is 22.7 Å². The van der Waals surface area contributed by atoms with E-state index < -0.39 is 5.41 Å². The molecule has 1 N–H and O–H groups in total. The van der Waals surface area contributed by atoms with E-state index in [1.54, 1.807) is 17.5 Å². The van der Waals surface area contributed by atoms with Gasteiger partial charge in [0.2, 0.25) is 11.8 Å². The summed E-state index contributed by atoms with van der Waals surface area (Å²) in [6.07, 6.45) is 8.41. The van der Waals surface area contributed by atoms with Gasteiger partial charge in [-0.15, -0.1) is 11.3 Å². The van der Waals surface area contributed by atoms with Crippen LogP contribution in [0.1, 0.15) is 43.4 Å². The van der Waals surface area contributed by atoms with Gasteiger partial charge in [0, 0.05) is 58.2 Å². The van der Waals surface area contributed by atoms with Crippen molar-refractivity contribution in [2.75, 3.05) is 13.1 Å². The summed E-state index contributed by atoms with van der Waals surface area (Å²) in [7, 11) is 0. The van der Waals surface area contributed by atoms with Gasteiger partial charge in [-0.1, -0.05) is 11.6 Å². The molecule has 7 rings (SSSR count). The zero-order valence-electron chi connectivity index (χ0n) is 21.5. The number of benzene rings is 1. The molecule has 0 atom stereocenters. The largest absolute Gasteiger partial charge is 0.345 e. The van der Waals surface area contributed by atoms with Crippen LogP contribution < -0.4 is 5.32 Å². The lowest BCUT2D eigenvalue weighted by Gasteiger charge is -2.32. The number of thiophene rings is 1. The molecule has 0 bridgehead atoms. The lowest BCUT2D eigenvalue weighted by atomic mass is 9.80. The van der Waals surface area contributed by atoms with Crippen LogP contribution >= 0.6 is 22.9 Å². The van der Waals surface area contributed by atoms with Gasteiger partial charge in [0.15, 0.2) is 0 Å². The molecular weight excluding hydrogens is 530 g/mol. The van der Waals surface area contributed by atoms with Crippen LogP contribution in [0.4, 0.5) is 0 Å². The maximum absolute atomic E-state index is 12.8. The quantitative estimate of drug-likeness (QED) is 0.309. The Bertz CT molecular complexity index is 1670. The maximum atomic E-state index is 12.8. The monoisotopic (exact) mass is 557 g/mol. The first-order valence-corrected chi connectivity index (χ1v) is 14.7. The second kappa shape index (κ2) is 9.16. The third-order valence-electron chi connectivity index (χ3n) is 8.78. The van der Waals surface area contributed by atoms with Gasteiger partial charge in [-0.3, -0.25) is 19.5 Å². The average molecular weight is 558 g/mol. The minimum atomic E-state index is -0.412. The lowest BCUT2D eigenvalue weighted by molar-refractivity contribution is -0.151. The highest BCUT2D eigenvalue weighted by molar-refractivity contribution is 7.19. The van der Waals surface area contributed by atoms with E-state index in [4.69, 9.17) is 11.6 Å². The van der Waals surface area contributed by atoms with E-state index in [1.807, 2.05) is 24.3 Å². The zero-order chi connectivity index (χ0) is 26.8. The van der Waals surface area contributed by atoms with E-state index in [-0.39, 0.29) is 23.8 Å². The number of carbonyl (C=O) groups is 2. The van der Waals surface area contributed by atoms with Crippen LogP contribution in [0.5, 0.6) is 0 Å². The predicted molar refractivity (Wildman–Crippen MR) is 152 cm³/mol. The Morgan fingerprint density at radius 2 is 1.82 bits per heavy atom. The number of amides is 2. The molecule has 1 spiro atoms. The second-order valence-electron chi connectivity index (χ2n) is 11.5. The first-order valence-electron chi connectivity index (χ1n) is 13.5. The molecule has 1 saturated carbocycles. The molecule has 39 heavy (non-hydrogen) atoms. The number of carbonyl (C=O) groups excluding carboxylic acids is 2. The van der Waals surface area contributed by atoms with E-state index >= 15 is 0 Å². The number of pyridine rings is 1. The Labute approximate surface area is 235 Å². The molecule has 0 radical (unpaired) electrons. The number of fused-ring (bicyclic) bond motifs is 2. The molecule has 4 aromatic rings. The minimum Gasteiger partial charge on any atom is -0.345 e. The molecule has 2 saturated heterocycles. The number of hydrogen-bond acceptors (Lipinski definition) is 6. The zero-order valence-corrected chi connectivity index (χ0v) is 23.1. The lowest BCUT2D eigenvalue weighted by Crippen LogP contribution is -2.43. The summed E-state index contributed by atoms with van der Waals surface area (Å²) in [6.45, 7) is 2.59. The second-order valence-corrected chi connectivity index (χ2v) is 13.1. The molecule has 7 nitrogen and oxygen atoms in total. The number of imide groups is 1. The smallest absolute Gasteiger partial charge is 0.230 e. The van der Waals surface area contributed by atoms with E-state index in [2.05, 4.69) is 33.2 Å². The number of nitriles is 1. The number of nitrogens with one attached hydrogen (secondary N) is 1. The molecule has 1 aliphatic carbocycles. The fourth-order valence-electron chi connectivity index (χ4n) is 6.36. The van der Waals surface area contributed by atoms with Crippen LogP contribution in [0.25, 0.3) is 32.2 Å². The van der Waals surface area contributed by atoms with Crippen LogP contribution in [-0.4, -0.2) is 39.4 Å². The highest BCUT2D eigenvalue weighted by atomic mass is 35.5. The van der Waals surface area contributed by atoms with Crippen molar-refractivity contribution in [1.29, 1.82) is 5.26 Å². The molecule has 3 aromatic heterocycles. The van der Waals surface area contributed by atoms with Gasteiger partial charge in [-0.05, 0) is 74.5 Å². The number of rotatable bonds is 5. The van der Waals surface area contributed by atoms with Crippen molar-refractivity contribution in [2.24, 2.45) is 10.8 Å². The van der Waals surface area contributed by atoms with Gasteiger partial charge in [-0.2, -0.15) is 5.26 Å². The Balaban J connectivity index is 1.28. The van der Waals surface area contributed by atoms with Gasteiger partial charge >= 0.3 is 0 Å². The summed E-state index contributed by atoms with van der Waals surface area (Å²) >= 11 is 8.18. The Hall–Kier alpha value is -3.25. The van der Waals surface area contributed by atoms with Crippen molar-refractivity contribution in [3.05, 3.63) is 52.6 Å². The first-order chi connectivity index (χ1) is 18.9. The van der Waals surface area contributed by atoms with Gasteiger partial charge in [0.05, 0.1) is 33.8 Å². The summed E-state index contributed by atoms with van der Waals surface area (Å²) < 4.78 is 3.20. The Morgan fingerprint density at radius 3 is 2.54 bits per heavy atom. The molecule has 0 unspecified atom stereocenters. The molecular formula is C30H28ClN5O2S. The fraction of sp³-hybridized carbons (Fsp3) is 0.400. The topological polar surface area (TPSA) is 91.0 Å². The fourth-order valence-corrected chi connectivity index (χ4v) is 7.72. The third kappa shape index (κ3) is 4.33. The van der Waals surface area contributed by atoms with Crippen molar-refractivity contribution in [3.63, 3.8) is 0 Å². The van der Waals surface area contributed by atoms with E-state index in [0.717, 1.165) is 75.9 Å². The molecule has 3 aliphatic rings. The summed E-state index contributed by atoms with van der Waals surface area (Å²) in [5.41, 5.74) is 3.42. The number of piperidine rings is 2. The molecule has 198 valence electrons. The minimum absolute atomic E-state index is 0.0509. The van der Waals surface area contributed by atoms with E-state index in [1.165, 1.54) is 4.90 Å². The maximum Gasteiger partial charge on any atom is 0.230 e. The predicted octanol–water partition coefficient (Wildman–Crippen LogP) is 5.89. The van der Waals surface area contributed by atoms with Crippen LogP contribution in [0.2, 0.25) is 5.02 Å². The molecule has 9 heteroatoms. The van der Waals surface area contributed by atoms with Crippen molar-refractivity contribution in [1.82, 2.24) is 19.8 Å². The molecule has 2 aliphatic heterocycles. The number of aromatic nitrogens is 2. The van der Waals surface area contributed by atoms with Crippen LogP contribution in [0.3, 0.4) is 0 Å². The van der Waals surface area contributed by atoms with Gasteiger partial charge in [0.1, 0.15) is 0 Å². The SMILES string of the molecule is N#CC1(Cn2ccc3cc(Cl)cc(-c4ccnc5cc(CN6C(=O)CC7(CC7)CC6=O)sc45)c32)CCNCC1. The molecule has 2 amide bonds. The van der Waals surface area contributed by atoms with E-state index in [0.29, 0.717) is 24.4 Å². The molecule has 5 heterocycles. The third-order valence-corrected chi connectivity index (χ3v) is 10.1. The summed E-state index contributed by atoms with van der Waals surface area (Å²) in [5.74, 6) is -0.124. The van der Waals surface area contributed by atoms with Crippen molar-refractivity contribution < 1.29 is 9.59 Å². The normalized spacial score (nSPS) is 20.2. The number of halogens is 1. The van der Waals surface area contributed by atoms with Crippen molar-refractivity contribution in [2.45, 2.75) is 51.6 Å². The van der Waals surface area contributed by atoms with Gasteiger partial charge < -0.3 is 9.88 Å². The average Bonchev–Trinajstić information content (AvgIpc) is 3.34. The van der Waals surface area contributed by atoms with Gasteiger partial charge in [0.25, 0.3) is 0 Å². The standard InChI is InChI=1S/C30H28ClN5O2S/c31-20-11-19-2-10-35(18-30(17-32)5-8-33-9-6-30)27(19)23(12-20)22-1-7-34-24-13-21(39-28(22)24)16-36-25(37)14-29(3-4-29)15-26(36)38/h1-2,7,10-13,33H,3-6,8-9,14-16,18H2. The number of nitrogens with zero attached hydrogens (tertiary/aromatic N) is 4. The molecule has 3 fully saturated rings. The Kier molecular flexibility index (Phi) is 5.81. The summed E-state index contributed by atoms with van der Waals surface area (Å²) in [6, 6.07) is 12.6. The summed E-state index contributed by atoms with van der Waals surface area (Å²) in [4.78, 5) is 32.6. The molecule has 1 aromatic carbocycles. The Morgan fingerprint density at radius 1 is 1.05 bits per heavy atom. The highest BCUT2D eigenvalue weighted by Crippen LogP contribution is 2.54. The van der Waals surface area contributed by atoms with Crippen LogP contribution in [0, 0.1) is 22.2 Å². The van der Waals surface area contributed by atoms with Gasteiger partial charge in [-0.25, -0.2) is 0 Å². The highest BCUT2D eigenvalue weighted by Gasteiger charge is 2.51. The first kappa shape index (κ1) is 24.8. The van der Waals surface area contributed by atoms with Crippen molar-refractivity contribution >= 4 is 55.9 Å². The number of likely N-dealkylation sites (tertiary alicyclic amines) is 1. The summed E-state index contributed by atoms with van der Waals surface area (Å²) in [5, 5.41) is 15.2. The van der Waals surface area contributed by atoms with E-state index in [9.17, 15) is 14.9 Å². The number of hydrogen-bond donors (Lipinski definition) is 1. The van der Waals surface area contributed by atoms with Crippen molar-refractivity contribution in [3.8, 4) is 17.2 Å². The van der Waals surface area contributed by atoms with Crippen LogP contribution in [0.15, 0.2) is 42.7 Å².